The van der Waals surface area contributed by atoms with Crippen molar-refractivity contribution in [2.45, 2.75) is 58.5 Å². The van der Waals surface area contributed by atoms with Crippen LogP contribution in [0.5, 0.6) is 0 Å². The fourth-order valence-electron chi connectivity index (χ4n) is 2.86. The second kappa shape index (κ2) is 7.48. The third-order valence-corrected chi connectivity index (χ3v) is 3.85. The zero-order valence-electron chi connectivity index (χ0n) is 12.7. The molecule has 1 aromatic rings. The molecule has 1 heterocycles. The minimum atomic E-state index is 0.109. The summed E-state index contributed by atoms with van der Waals surface area (Å²) >= 11 is 0. The van der Waals surface area contributed by atoms with Gasteiger partial charge in [-0.15, -0.1) is 0 Å². The van der Waals surface area contributed by atoms with Gasteiger partial charge in [0.25, 0.3) is 0 Å². The summed E-state index contributed by atoms with van der Waals surface area (Å²) in [5.74, 6) is 0.109. The molecule has 1 amide bonds. The molecule has 4 heteroatoms. The minimum Gasteiger partial charge on any atom is -0.355 e. The summed E-state index contributed by atoms with van der Waals surface area (Å²) in [6.45, 7) is 6.53. The Morgan fingerprint density at radius 3 is 2.85 bits per heavy atom. The van der Waals surface area contributed by atoms with Crippen LogP contribution >= 0.6 is 0 Å². The van der Waals surface area contributed by atoms with Gasteiger partial charge in [-0.2, -0.15) is 0 Å². The number of carbonyl (C=O) groups excluding carboxylic acids is 1. The number of nitrogens with one attached hydrogen (secondary N) is 2. The molecule has 2 rings (SSSR count). The Morgan fingerprint density at radius 2 is 2.10 bits per heavy atom. The Labute approximate surface area is 121 Å². The second-order valence-electron chi connectivity index (χ2n) is 5.66. The molecule has 0 radical (unpaired) electrons. The van der Waals surface area contributed by atoms with Gasteiger partial charge in [-0.1, -0.05) is 13.8 Å². The maximum atomic E-state index is 11.8. The first-order valence-corrected chi connectivity index (χ1v) is 7.93. The first-order chi connectivity index (χ1) is 9.74. The van der Waals surface area contributed by atoms with Crippen LogP contribution in [0.15, 0.2) is 12.4 Å². The van der Waals surface area contributed by atoms with Crippen LogP contribution in [0.2, 0.25) is 0 Å². The second-order valence-corrected chi connectivity index (χ2v) is 5.66. The standard InChI is InChI=1S/C16H27N3O/c1-3-8-17-15-7-5-6-13-10-19(11-14(13)15)12-16(20)18-9-4-2/h10-11,15,17H,3-9,12H2,1-2H3,(H,18,20). The van der Waals surface area contributed by atoms with Gasteiger partial charge in [0.2, 0.25) is 5.91 Å². The number of rotatable bonds is 7. The van der Waals surface area contributed by atoms with Crippen molar-refractivity contribution in [2.75, 3.05) is 13.1 Å². The maximum Gasteiger partial charge on any atom is 0.239 e. The number of nitrogens with zero attached hydrogens (tertiary/aromatic N) is 1. The summed E-state index contributed by atoms with van der Waals surface area (Å²) in [5.41, 5.74) is 2.81. The van der Waals surface area contributed by atoms with Crippen LogP contribution in [0.25, 0.3) is 0 Å². The average molecular weight is 277 g/mol. The van der Waals surface area contributed by atoms with Crippen LogP contribution in [0.3, 0.4) is 0 Å². The third kappa shape index (κ3) is 3.85. The molecule has 20 heavy (non-hydrogen) atoms. The van der Waals surface area contributed by atoms with Crippen molar-refractivity contribution in [3.05, 3.63) is 23.5 Å². The van der Waals surface area contributed by atoms with Gasteiger partial charge in [-0.3, -0.25) is 4.79 Å². The molecular formula is C16H27N3O. The smallest absolute Gasteiger partial charge is 0.239 e. The van der Waals surface area contributed by atoms with Crippen molar-refractivity contribution in [1.82, 2.24) is 15.2 Å². The Hall–Kier alpha value is -1.29. The van der Waals surface area contributed by atoms with Gasteiger partial charge < -0.3 is 15.2 Å². The Morgan fingerprint density at radius 1 is 1.30 bits per heavy atom. The lowest BCUT2D eigenvalue weighted by Crippen LogP contribution is -2.27. The molecular weight excluding hydrogens is 250 g/mol. The van der Waals surface area contributed by atoms with E-state index in [4.69, 9.17) is 0 Å². The number of hydrogen-bond donors (Lipinski definition) is 2. The molecule has 1 atom stereocenters. The van der Waals surface area contributed by atoms with Crippen molar-refractivity contribution >= 4 is 5.91 Å². The number of carbonyl (C=O) groups is 1. The monoisotopic (exact) mass is 277 g/mol. The molecule has 1 unspecified atom stereocenters. The molecule has 0 fully saturated rings. The van der Waals surface area contributed by atoms with E-state index in [9.17, 15) is 4.79 Å². The van der Waals surface area contributed by atoms with Gasteiger partial charge in [0.15, 0.2) is 0 Å². The van der Waals surface area contributed by atoms with Crippen LogP contribution in [0.4, 0.5) is 0 Å². The van der Waals surface area contributed by atoms with Crippen molar-refractivity contribution in [1.29, 1.82) is 0 Å². The van der Waals surface area contributed by atoms with E-state index in [1.807, 2.05) is 4.57 Å². The maximum absolute atomic E-state index is 11.8. The molecule has 0 bridgehead atoms. The van der Waals surface area contributed by atoms with E-state index in [0.29, 0.717) is 12.6 Å². The van der Waals surface area contributed by atoms with Gasteiger partial charge in [0.1, 0.15) is 6.54 Å². The van der Waals surface area contributed by atoms with Gasteiger partial charge in [-0.05, 0) is 49.8 Å². The van der Waals surface area contributed by atoms with Gasteiger partial charge in [0, 0.05) is 25.0 Å². The largest absolute Gasteiger partial charge is 0.355 e. The lowest BCUT2D eigenvalue weighted by Gasteiger charge is -2.23. The molecule has 112 valence electrons. The van der Waals surface area contributed by atoms with E-state index in [1.54, 1.807) is 0 Å². The van der Waals surface area contributed by atoms with Crippen LogP contribution in [-0.4, -0.2) is 23.6 Å². The zero-order chi connectivity index (χ0) is 14.4. The normalized spacial score (nSPS) is 17.8. The molecule has 0 aliphatic heterocycles. The van der Waals surface area contributed by atoms with Crippen LogP contribution in [0.1, 0.15) is 56.7 Å². The summed E-state index contributed by atoms with van der Waals surface area (Å²) in [7, 11) is 0. The predicted octanol–water partition coefficient (Wildman–Crippen LogP) is 2.39. The molecule has 1 aliphatic carbocycles. The highest BCUT2D eigenvalue weighted by molar-refractivity contribution is 5.75. The molecule has 1 aromatic heterocycles. The lowest BCUT2D eigenvalue weighted by atomic mass is 9.91. The highest BCUT2D eigenvalue weighted by Gasteiger charge is 2.21. The molecule has 1 aliphatic rings. The quantitative estimate of drug-likeness (QED) is 0.804. The van der Waals surface area contributed by atoms with Crippen molar-refractivity contribution in [3.63, 3.8) is 0 Å². The van der Waals surface area contributed by atoms with E-state index in [0.717, 1.165) is 32.4 Å². The summed E-state index contributed by atoms with van der Waals surface area (Å²) < 4.78 is 2.04. The summed E-state index contributed by atoms with van der Waals surface area (Å²) in [6.07, 6.45) is 10.0. The van der Waals surface area contributed by atoms with Gasteiger partial charge >= 0.3 is 0 Å². The molecule has 0 spiro atoms. The predicted molar refractivity (Wildman–Crippen MR) is 81.7 cm³/mol. The highest BCUT2D eigenvalue weighted by atomic mass is 16.1. The van der Waals surface area contributed by atoms with E-state index in [-0.39, 0.29) is 5.91 Å². The summed E-state index contributed by atoms with van der Waals surface area (Å²) in [6, 6.07) is 0.471. The number of aryl methyl sites for hydroxylation is 1. The van der Waals surface area contributed by atoms with Gasteiger partial charge in [0.05, 0.1) is 0 Å². The van der Waals surface area contributed by atoms with Crippen LogP contribution < -0.4 is 10.6 Å². The minimum absolute atomic E-state index is 0.109. The van der Waals surface area contributed by atoms with Crippen LogP contribution in [0, 0.1) is 0 Å². The SMILES string of the molecule is CCCNC(=O)Cn1cc2c(c1)C(NCCC)CCC2. The Bertz CT molecular complexity index is 439. The molecule has 2 N–H and O–H groups in total. The molecule has 0 saturated carbocycles. The Kier molecular flexibility index (Phi) is 5.65. The third-order valence-electron chi connectivity index (χ3n) is 3.85. The van der Waals surface area contributed by atoms with E-state index in [2.05, 4.69) is 36.9 Å². The first kappa shape index (κ1) is 15.1. The number of fused-ring (bicyclic) bond motifs is 1. The van der Waals surface area contributed by atoms with E-state index >= 15 is 0 Å². The summed E-state index contributed by atoms with van der Waals surface area (Å²) in [5, 5.41) is 6.55. The van der Waals surface area contributed by atoms with Crippen molar-refractivity contribution in [3.8, 4) is 0 Å². The van der Waals surface area contributed by atoms with E-state index in [1.165, 1.54) is 24.0 Å². The summed E-state index contributed by atoms with van der Waals surface area (Å²) in [4.78, 5) is 11.8. The molecule has 4 nitrogen and oxygen atoms in total. The molecule has 0 saturated heterocycles. The van der Waals surface area contributed by atoms with Gasteiger partial charge in [-0.25, -0.2) is 0 Å². The lowest BCUT2D eigenvalue weighted by molar-refractivity contribution is -0.121. The number of hydrogen-bond acceptors (Lipinski definition) is 2. The van der Waals surface area contributed by atoms with E-state index < -0.39 is 0 Å². The molecule has 0 aromatic carbocycles. The zero-order valence-corrected chi connectivity index (χ0v) is 12.7. The number of aromatic nitrogens is 1. The fraction of sp³-hybridized carbons (Fsp3) is 0.688. The van der Waals surface area contributed by atoms with Crippen molar-refractivity contribution in [2.24, 2.45) is 0 Å². The Balaban J connectivity index is 1.99. The average Bonchev–Trinajstić information content (AvgIpc) is 2.85. The van der Waals surface area contributed by atoms with Crippen LogP contribution in [-0.2, 0) is 17.8 Å². The topological polar surface area (TPSA) is 46.1 Å². The van der Waals surface area contributed by atoms with Crippen molar-refractivity contribution < 1.29 is 4.79 Å². The fourth-order valence-corrected chi connectivity index (χ4v) is 2.86. The highest BCUT2D eigenvalue weighted by Crippen LogP contribution is 2.30. The number of amides is 1. The first-order valence-electron chi connectivity index (χ1n) is 7.93.